The zero-order chi connectivity index (χ0) is 16.5. The van der Waals surface area contributed by atoms with Crippen molar-refractivity contribution in [1.29, 1.82) is 0 Å². The molecule has 2 N–H and O–H groups in total. The van der Waals surface area contributed by atoms with E-state index in [1.165, 1.54) is 19.1 Å². The van der Waals surface area contributed by atoms with E-state index in [0.29, 0.717) is 0 Å². The van der Waals surface area contributed by atoms with Crippen LogP contribution in [0.2, 0.25) is 0 Å². The van der Waals surface area contributed by atoms with Gasteiger partial charge in [-0.05, 0) is 24.6 Å². The fraction of sp³-hybridized carbons (Fsp3) is 0.267. The molecule has 1 aromatic carbocycles. The number of carbonyl (C=O) groups excluding carboxylic acids is 2. The van der Waals surface area contributed by atoms with Crippen molar-refractivity contribution >= 4 is 18.0 Å². The Bertz CT molecular complexity index is 564. The first kappa shape index (κ1) is 17.2. The number of carboxylic acids is 1. The first-order valence-electron chi connectivity index (χ1n) is 6.45. The third-order valence-electron chi connectivity index (χ3n) is 2.54. The van der Waals surface area contributed by atoms with Crippen LogP contribution in [0.25, 0.3) is 0 Å². The van der Waals surface area contributed by atoms with E-state index >= 15 is 0 Å². The van der Waals surface area contributed by atoms with Crippen molar-refractivity contribution in [2.75, 3.05) is 13.2 Å². The van der Waals surface area contributed by atoms with Gasteiger partial charge in [-0.1, -0.05) is 18.7 Å². The molecular formula is C15H17NO6. The molecular weight excluding hydrogens is 290 g/mol. The summed E-state index contributed by atoms with van der Waals surface area (Å²) in [5, 5.41) is 11.2. The van der Waals surface area contributed by atoms with Gasteiger partial charge in [0.05, 0.1) is 5.56 Å². The number of carbonyl (C=O) groups is 3. The molecule has 118 valence electrons. The second kappa shape index (κ2) is 8.46. The molecule has 0 unspecified atom stereocenters. The number of hydrogen-bond acceptors (Lipinski definition) is 5. The molecule has 0 spiro atoms. The van der Waals surface area contributed by atoms with Gasteiger partial charge in [-0.15, -0.1) is 0 Å². The number of hydrogen-bond donors (Lipinski definition) is 2. The summed E-state index contributed by atoms with van der Waals surface area (Å²) in [6.45, 7) is 5.02. The Hall–Kier alpha value is -2.83. The highest BCUT2D eigenvalue weighted by Crippen LogP contribution is 2.04. The molecule has 1 aromatic rings. The summed E-state index contributed by atoms with van der Waals surface area (Å²) in [5.41, 5.74) is 1.18. The van der Waals surface area contributed by atoms with E-state index in [9.17, 15) is 14.4 Å². The molecule has 7 nitrogen and oxygen atoms in total. The van der Waals surface area contributed by atoms with Crippen LogP contribution in [-0.4, -0.2) is 36.4 Å². The second-order valence-electron chi connectivity index (χ2n) is 4.41. The summed E-state index contributed by atoms with van der Waals surface area (Å²) < 4.78 is 9.56. The van der Waals surface area contributed by atoms with Gasteiger partial charge in [0, 0.05) is 12.1 Å². The summed E-state index contributed by atoms with van der Waals surface area (Å²) in [5.74, 6) is -1.55. The summed E-state index contributed by atoms with van der Waals surface area (Å²) >= 11 is 0. The highest BCUT2D eigenvalue weighted by Gasteiger charge is 2.06. The fourth-order valence-electron chi connectivity index (χ4n) is 1.38. The standard InChI is InChI=1S/C15H17NO6/c1-10(2)14(19)21-7-8-22-15(20)16-9-11-3-5-12(6-4-11)13(17)18/h3-6H,1,7-9H2,2H3,(H,16,20)(H,17,18). The molecule has 0 radical (unpaired) electrons. The van der Waals surface area contributed by atoms with Crippen molar-refractivity contribution in [2.24, 2.45) is 0 Å². The maximum absolute atomic E-state index is 11.4. The van der Waals surface area contributed by atoms with Gasteiger partial charge in [0.1, 0.15) is 13.2 Å². The van der Waals surface area contributed by atoms with E-state index in [4.69, 9.17) is 14.6 Å². The SMILES string of the molecule is C=C(C)C(=O)OCCOC(=O)NCc1ccc(C(=O)O)cc1. The van der Waals surface area contributed by atoms with E-state index in [2.05, 4.69) is 11.9 Å². The highest BCUT2D eigenvalue weighted by atomic mass is 16.6. The van der Waals surface area contributed by atoms with Crippen LogP contribution < -0.4 is 5.32 Å². The molecule has 0 saturated heterocycles. The van der Waals surface area contributed by atoms with E-state index in [0.717, 1.165) is 5.56 Å². The maximum Gasteiger partial charge on any atom is 0.407 e. The van der Waals surface area contributed by atoms with Crippen LogP contribution in [0, 0.1) is 0 Å². The van der Waals surface area contributed by atoms with Crippen molar-refractivity contribution in [1.82, 2.24) is 5.32 Å². The molecule has 0 heterocycles. The topological polar surface area (TPSA) is 102 Å². The number of benzene rings is 1. The minimum absolute atomic E-state index is 0.0492. The monoisotopic (exact) mass is 307 g/mol. The predicted molar refractivity (Wildman–Crippen MR) is 77.4 cm³/mol. The lowest BCUT2D eigenvalue weighted by atomic mass is 10.1. The molecule has 1 amide bonds. The largest absolute Gasteiger partial charge is 0.478 e. The van der Waals surface area contributed by atoms with E-state index in [1.54, 1.807) is 12.1 Å². The van der Waals surface area contributed by atoms with Gasteiger partial charge in [-0.25, -0.2) is 14.4 Å². The third kappa shape index (κ3) is 6.08. The Morgan fingerprint density at radius 2 is 1.73 bits per heavy atom. The van der Waals surface area contributed by atoms with E-state index in [-0.39, 0.29) is 30.9 Å². The predicted octanol–water partition coefficient (Wildman–Crippen LogP) is 1.73. The molecule has 22 heavy (non-hydrogen) atoms. The number of ether oxygens (including phenoxy) is 2. The van der Waals surface area contributed by atoms with Crippen LogP contribution in [0.3, 0.4) is 0 Å². The summed E-state index contributed by atoms with van der Waals surface area (Å²) in [6, 6.07) is 6.08. The molecule has 0 aromatic heterocycles. The third-order valence-corrected chi connectivity index (χ3v) is 2.54. The summed E-state index contributed by atoms with van der Waals surface area (Å²) in [6.07, 6.45) is -0.659. The molecule has 0 aliphatic carbocycles. The number of alkyl carbamates (subject to hydrolysis) is 1. The Kier molecular flexibility index (Phi) is 6.62. The fourth-order valence-corrected chi connectivity index (χ4v) is 1.38. The van der Waals surface area contributed by atoms with Crippen LogP contribution in [-0.2, 0) is 20.8 Å². The molecule has 0 aliphatic rings. The maximum atomic E-state index is 11.4. The van der Waals surface area contributed by atoms with E-state index < -0.39 is 18.0 Å². The number of nitrogens with one attached hydrogen (secondary N) is 1. The van der Waals surface area contributed by atoms with E-state index in [1.807, 2.05) is 0 Å². The van der Waals surface area contributed by atoms with Gasteiger partial charge >= 0.3 is 18.0 Å². The van der Waals surface area contributed by atoms with Crippen molar-refractivity contribution in [2.45, 2.75) is 13.5 Å². The molecule has 7 heteroatoms. The lowest BCUT2D eigenvalue weighted by Gasteiger charge is -2.08. The smallest absolute Gasteiger partial charge is 0.407 e. The number of carboxylic acid groups (broad SMARTS) is 1. The summed E-state index contributed by atoms with van der Waals surface area (Å²) in [7, 11) is 0. The van der Waals surface area contributed by atoms with Crippen LogP contribution in [0.5, 0.6) is 0 Å². The van der Waals surface area contributed by atoms with Crippen molar-refractivity contribution < 1.29 is 29.0 Å². The van der Waals surface area contributed by atoms with Gasteiger partial charge in [-0.2, -0.15) is 0 Å². The van der Waals surface area contributed by atoms with Gasteiger partial charge in [0.2, 0.25) is 0 Å². The van der Waals surface area contributed by atoms with Crippen LogP contribution in [0.1, 0.15) is 22.8 Å². The first-order valence-corrected chi connectivity index (χ1v) is 6.45. The molecule has 1 rings (SSSR count). The van der Waals surface area contributed by atoms with Gasteiger partial charge in [0.15, 0.2) is 0 Å². The Morgan fingerprint density at radius 3 is 2.27 bits per heavy atom. The zero-order valence-electron chi connectivity index (χ0n) is 12.1. The molecule has 0 aliphatic heterocycles. The van der Waals surface area contributed by atoms with Crippen molar-refractivity contribution in [3.05, 3.63) is 47.5 Å². The normalized spacial score (nSPS) is 9.68. The van der Waals surface area contributed by atoms with Gasteiger partial charge in [-0.3, -0.25) is 0 Å². The molecule has 0 bridgehead atoms. The number of esters is 1. The first-order chi connectivity index (χ1) is 10.4. The van der Waals surface area contributed by atoms with Crippen molar-refractivity contribution in [3.8, 4) is 0 Å². The Balaban J connectivity index is 2.24. The minimum Gasteiger partial charge on any atom is -0.478 e. The molecule has 0 saturated carbocycles. The zero-order valence-corrected chi connectivity index (χ0v) is 12.1. The van der Waals surface area contributed by atoms with Gasteiger partial charge in [0.25, 0.3) is 0 Å². The summed E-state index contributed by atoms with van der Waals surface area (Å²) in [4.78, 5) is 33.1. The number of aromatic carboxylic acids is 1. The molecule has 0 atom stereocenters. The van der Waals surface area contributed by atoms with Crippen molar-refractivity contribution in [3.63, 3.8) is 0 Å². The lowest BCUT2D eigenvalue weighted by molar-refractivity contribution is -0.139. The van der Waals surface area contributed by atoms with Crippen LogP contribution in [0.15, 0.2) is 36.4 Å². The minimum atomic E-state index is -1.01. The molecule has 0 fully saturated rings. The number of amides is 1. The van der Waals surface area contributed by atoms with Crippen LogP contribution >= 0.6 is 0 Å². The second-order valence-corrected chi connectivity index (χ2v) is 4.41. The van der Waals surface area contributed by atoms with Gasteiger partial charge < -0.3 is 19.9 Å². The average molecular weight is 307 g/mol. The highest BCUT2D eigenvalue weighted by molar-refractivity contribution is 5.87. The Labute approximate surface area is 127 Å². The average Bonchev–Trinajstić information content (AvgIpc) is 2.49. The quantitative estimate of drug-likeness (QED) is 0.452. The Morgan fingerprint density at radius 1 is 1.14 bits per heavy atom. The van der Waals surface area contributed by atoms with Crippen LogP contribution in [0.4, 0.5) is 4.79 Å². The lowest BCUT2D eigenvalue weighted by Crippen LogP contribution is -2.25. The number of rotatable bonds is 7.